The van der Waals surface area contributed by atoms with Gasteiger partial charge in [-0.05, 0) is 31.5 Å². The number of nitrogens with zero attached hydrogens (tertiary/aromatic N) is 1. The van der Waals surface area contributed by atoms with E-state index >= 15 is 0 Å². The Bertz CT molecular complexity index is 219. The molecule has 4 heteroatoms. The molecular weight excluding hydrogens is 214 g/mol. The van der Waals surface area contributed by atoms with E-state index in [4.69, 9.17) is 5.73 Å². The zero-order valence-corrected chi connectivity index (χ0v) is 12.0. The molecule has 1 amide bonds. The summed E-state index contributed by atoms with van der Waals surface area (Å²) in [6, 6.07) is -0.434. The van der Waals surface area contributed by atoms with Gasteiger partial charge in [0.25, 0.3) is 0 Å². The number of hydrogen-bond donors (Lipinski definition) is 2. The van der Waals surface area contributed by atoms with Crippen LogP contribution in [0.25, 0.3) is 0 Å². The summed E-state index contributed by atoms with van der Waals surface area (Å²) in [6.45, 7) is 14.1. The van der Waals surface area contributed by atoms with Crippen LogP contribution in [0.2, 0.25) is 0 Å². The average Bonchev–Trinajstić information content (AvgIpc) is 2.26. The van der Waals surface area contributed by atoms with Crippen molar-refractivity contribution in [2.45, 2.75) is 47.1 Å². The molecule has 0 spiro atoms. The zero-order valence-electron chi connectivity index (χ0n) is 12.0. The van der Waals surface area contributed by atoms with Crippen molar-refractivity contribution in [3.63, 3.8) is 0 Å². The van der Waals surface area contributed by atoms with E-state index < -0.39 is 6.04 Å². The molecule has 4 nitrogen and oxygen atoms in total. The lowest BCUT2D eigenvalue weighted by Crippen LogP contribution is -2.49. The van der Waals surface area contributed by atoms with Crippen molar-refractivity contribution >= 4 is 5.91 Å². The normalized spacial score (nSPS) is 13.8. The molecular formula is C13H29N3O. The first-order chi connectivity index (χ1) is 7.82. The largest absolute Gasteiger partial charge is 0.355 e. The second-order valence-corrected chi connectivity index (χ2v) is 5.52. The van der Waals surface area contributed by atoms with Crippen LogP contribution >= 0.6 is 0 Å². The quantitative estimate of drug-likeness (QED) is 0.661. The molecule has 0 aromatic rings. The van der Waals surface area contributed by atoms with Gasteiger partial charge in [0.05, 0.1) is 6.04 Å². The van der Waals surface area contributed by atoms with Crippen molar-refractivity contribution in [2.24, 2.45) is 11.1 Å². The number of carbonyl (C=O) groups excluding carboxylic acids is 1. The minimum Gasteiger partial charge on any atom is -0.355 e. The molecule has 0 heterocycles. The Morgan fingerprint density at radius 1 is 1.29 bits per heavy atom. The molecule has 0 aliphatic rings. The van der Waals surface area contributed by atoms with E-state index in [2.05, 4.69) is 24.1 Å². The Kier molecular flexibility index (Phi) is 7.39. The lowest BCUT2D eigenvalue weighted by molar-refractivity contribution is -0.124. The first kappa shape index (κ1) is 16.4. The second kappa shape index (κ2) is 7.67. The molecule has 0 fully saturated rings. The van der Waals surface area contributed by atoms with Crippen LogP contribution in [0.4, 0.5) is 0 Å². The summed E-state index contributed by atoms with van der Waals surface area (Å²) in [5.41, 5.74) is 5.69. The highest BCUT2D eigenvalue weighted by Crippen LogP contribution is 2.16. The number of amides is 1. The van der Waals surface area contributed by atoms with E-state index in [1.54, 1.807) is 0 Å². The molecule has 0 aliphatic carbocycles. The predicted octanol–water partition coefficient (Wildman–Crippen LogP) is 1.21. The third-order valence-electron chi connectivity index (χ3n) is 3.06. The van der Waals surface area contributed by atoms with E-state index in [1.165, 1.54) is 0 Å². The van der Waals surface area contributed by atoms with Gasteiger partial charge in [-0.2, -0.15) is 0 Å². The van der Waals surface area contributed by atoms with Crippen LogP contribution in [0, 0.1) is 5.41 Å². The van der Waals surface area contributed by atoms with Crippen molar-refractivity contribution in [2.75, 3.05) is 26.2 Å². The van der Waals surface area contributed by atoms with E-state index in [9.17, 15) is 4.79 Å². The highest BCUT2D eigenvalue weighted by atomic mass is 16.2. The maximum absolute atomic E-state index is 11.7. The van der Waals surface area contributed by atoms with Crippen molar-refractivity contribution in [1.82, 2.24) is 10.2 Å². The van der Waals surface area contributed by atoms with Crippen molar-refractivity contribution in [3.8, 4) is 0 Å². The monoisotopic (exact) mass is 243 g/mol. The molecule has 102 valence electrons. The van der Waals surface area contributed by atoms with Crippen molar-refractivity contribution < 1.29 is 4.79 Å². The second-order valence-electron chi connectivity index (χ2n) is 5.52. The summed E-state index contributed by atoms with van der Waals surface area (Å²) in [6.07, 6.45) is 0.976. The minimum atomic E-state index is -0.434. The molecule has 0 rings (SSSR count). The minimum absolute atomic E-state index is 0.0444. The molecule has 17 heavy (non-hydrogen) atoms. The van der Waals surface area contributed by atoms with Crippen LogP contribution in [0.3, 0.4) is 0 Å². The zero-order chi connectivity index (χ0) is 13.5. The Hall–Kier alpha value is -0.610. The van der Waals surface area contributed by atoms with Gasteiger partial charge < -0.3 is 16.0 Å². The van der Waals surface area contributed by atoms with Gasteiger partial charge in [-0.15, -0.1) is 0 Å². The van der Waals surface area contributed by atoms with Gasteiger partial charge in [0.1, 0.15) is 0 Å². The fourth-order valence-electron chi connectivity index (χ4n) is 1.56. The van der Waals surface area contributed by atoms with Crippen LogP contribution in [0.1, 0.15) is 41.0 Å². The van der Waals surface area contributed by atoms with E-state index in [1.807, 2.05) is 20.8 Å². The molecule has 0 saturated carbocycles. The topological polar surface area (TPSA) is 58.4 Å². The van der Waals surface area contributed by atoms with Gasteiger partial charge >= 0.3 is 0 Å². The summed E-state index contributed by atoms with van der Waals surface area (Å²) in [5, 5.41) is 2.90. The molecule has 1 atom stereocenters. The van der Waals surface area contributed by atoms with E-state index in [0.29, 0.717) is 6.54 Å². The Balaban J connectivity index is 3.79. The third kappa shape index (κ3) is 6.64. The Morgan fingerprint density at radius 3 is 2.24 bits per heavy atom. The number of rotatable bonds is 7. The van der Waals surface area contributed by atoms with E-state index in [0.717, 1.165) is 26.1 Å². The van der Waals surface area contributed by atoms with Gasteiger partial charge in [0.2, 0.25) is 5.91 Å². The summed E-state index contributed by atoms with van der Waals surface area (Å²) in [7, 11) is 0. The maximum Gasteiger partial charge on any atom is 0.237 e. The predicted molar refractivity (Wildman–Crippen MR) is 72.8 cm³/mol. The summed E-state index contributed by atoms with van der Waals surface area (Å²) in [5.74, 6) is -0.0444. The lowest BCUT2D eigenvalue weighted by atomic mass is 9.87. The highest BCUT2D eigenvalue weighted by molar-refractivity contribution is 5.82. The lowest BCUT2D eigenvalue weighted by Gasteiger charge is -2.26. The number of nitrogens with one attached hydrogen (secondary N) is 1. The molecule has 0 aromatic heterocycles. The fourth-order valence-corrected chi connectivity index (χ4v) is 1.56. The molecule has 0 bridgehead atoms. The Morgan fingerprint density at radius 2 is 1.82 bits per heavy atom. The highest BCUT2D eigenvalue weighted by Gasteiger charge is 2.26. The number of nitrogens with two attached hydrogens (primary N) is 1. The maximum atomic E-state index is 11.7. The Labute approximate surface area is 106 Å². The molecule has 1 unspecified atom stereocenters. The molecule has 0 aliphatic heterocycles. The average molecular weight is 243 g/mol. The SMILES string of the molecule is CCN(CC)CCCNC(=O)C(N)C(C)(C)C. The van der Waals surface area contributed by atoms with Crippen molar-refractivity contribution in [3.05, 3.63) is 0 Å². The summed E-state index contributed by atoms with van der Waals surface area (Å²) >= 11 is 0. The molecule has 0 saturated heterocycles. The first-order valence-electron chi connectivity index (χ1n) is 6.58. The molecule has 3 N–H and O–H groups in total. The first-order valence-corrected chi connectivity index (χ1v) is 6.58. The summed E-state index contributed by atoms with van der Waals surface area (Å²) in [4.78, 5) is 14.1. The fraction of sp³-hybridized carbons (Fsp3) is 0.923. The van der Waals surface area contributed by atoms with E-state index in [-0.39, 0.29) is 11.3 Å². The van der Waals surface area contributed by atoms with Crippen LogP contribution in [0.15, 0.2) is 0 Å². The number of hydrogen-bond acceptors (Lipinski definition) is 3. The van der Waals surface area contributed by atoms with Crippen LogP contribution in [-0.4, -0.2) is 43.0 Å². The van der Waals surface area contributed by atoms with Gasteiger partial charge in [-0.1, -0.05) is 34.6 Å². The standard InChI is InChI=1S/C13H29N3O/c1-6-16(7-2)10-8-9-15-12(17)11(14)13(3,4)5/h11H,6-10,14H2,1-5H3,(H,15,17). The molecule has 0 radical (unpaired) electrons. The van der Waals surface area contributed by atoms with Crippen molar-refractivity contribution in [1.29, 1.82) is 0 Å². The van der Waals surface area contributed by atoms with Gasteiger partial charge in [-0.25, -0.2) is 0 Å². The summed E-state index contributed by atoms with van der Waals surface area (Å²) < 4.78 is 0. The number of carbonyl (C=O) groups is 1. The van der Waals surface area contributed by atoms with Gasteiger partial charge in [0.15, 0.2) is 0 Å². The smallest absolute Gasteiger partial charge is 0.237 e. The van der Waals surface area contributed by atoms with Crippen LogP contribution < -0.4 is 11.1 Å². The third-order valence-corrected chi connectivity index (χ3v) is 3.06. The van der Waals surface area contributed by atoms with Crippen LogP contribution in [-0.2, 0) is 4.79 Å². The molecule has 0 aromatic carbocycles. The van der Waals surface area contributed by atoms with Gasteiger partial charge in [0, 0.05) is 6.54 Å². The van der Waals surface area contributed by atoms with Gasteiger partial charge in [-0.3, -0.25) is 4.79 Å². The van der Waals surface area contributed by atoms with Crippen LogP contribution in [0.5, 0.6) is 0 Å².